The maximum absolute atomic E-state index is 6.71. The topological polar surface area (TPSA) is 12.5 Å². The van der Waals surface area contributed by atoms with Crippen molar-refractivity contribution >= 4 is 12.4 Å². The van der Waals surface area contributed by atoms with Crippen LogP contribution in [0.5, 0.6) is 0 Å². The molecule has 3 heteroatoms. The summed E-state index contributed by atoms with van der Waals surface area (Å²) in [6.07, 6.45) is 5.41. The molecule has 2 nitrogen and oxygen atoms in total. The van der Waals surface area contributed by atoms with E-state index in [4.69, 9.17) is 4.74 Å². The Morgan fingerprint density at radius 2 is 1.44 bits per heavy atom. The fourth-order valence-corrected chi connectivity index (χ4v) is 4.38. The lowest BCUT2D eigenvalue weighted by Crippen LogP contribution is -2.43. The Kier molecular flexibility index (Phi) is 5.83. The Labute approximate surface area is 157 Å². The fraction of sp³-hybridized carbons (Fsp3) is 0.455. The molecule has 4 rings (SSSR count). The quantitative estimate of drug-likeness (QED) is 0.750. The molecular formula is C22H28ClNO. The van der Waals surface area contributed by atoms with Crippen molar-refractivity contribution in [1.29, 1.82) is 0 Å². The number of rotatable bonds is 4. The highest BCUT2D eigenvalue weighted by molar-refractivity contribution is 5.85. The van der Waals surface area contributed by atoms with Crippen molar-refractivity contribution in [3.8, 4) is 0 Å². The molecule has 0 aromatic heterocycles. The molecule has 2 saturated heterocycles. The van der Waals surface area contributed by atoms with Gasteiger partial charge in [0.05, 0.1) is 6.10 Å². The number of hydrogen-bond donors (Lipinski definition) is 0. The molecule has 0 spiro atoms. The van der Waals surface area contributed by atoms with Crippen molar-refractivity contribution in [3.05, 3.63) is 71.3 Å². The first kappa shape index (κ1) is 18.4. The van der Waals surface area contributed by atoms with Crippen molar-refractivity contribution in [3.63, 3.8) is 0 Å². The molecule has 2 heterocycles. The summed E-state index contributed by atoms with van der Waals surface area (Å²) in [6, 6.07) is 20.9. The Hall–Kier alpha value is -1.35. The number of nitrogens with zero attached hydrogens (tertiary/aromatic N) is 1. The molecule has 3 unspecified atom stereocenters. The van der Waals surface area contributed by atoms with Gasteiger partial charge in [0.2, 0.25) is 0 Å². The maximum Gasteiger partial charge on any atom is 0.108 e. The predicted molar refractivity (Wildman–Crippen MR) is 105 cm³/mol. The van der Waals surface area contributed by atoms with Crippen LogP contribution in [0.25, 0.3) is 0 Å². The second kappa shape index (κ2) is 7.90. The van der Waals surface area contributed by atoms with Gasteiger partial charge in [0.25, 0.3) is 0 Å². The second-order valence-corrected chi connectivity index (χ2v) is 7.48. The molecule has 0 radical (unpaired) electrons. The molecule has 2 bridgehead atoms. The second-order valence-electron chi connectivity index (χ2n) is 7.48. The largest absolute Gasteiger partial charge is 0.365 e. The highest BCUT2D eigenvalue weighted by atomic mass is 35.5. The van der Waals surface area contributed by atoms with Crippen LogP contribution in [0.3, 0.4) is 0 Å². The van der Waals surface area contributed by atoms with Gasteiger partial charge in [-0.15, -0.1) is 12.4 Å². The van der Waals surface area contributed by atoms with Crippen molar-refractivity contribution < 1.29 is 4.74 Å². The van der Waals surface area contributed by atoms with Gasteiger partial charge in [0.1, 0.15) is 6.10 Å². The maximum atomic E-state index is 6.71. The average Bonchev–Trinajstić information content (AvgIpc) is 2.83. The minimum Gasteiger partial charge on any atom is -0.365 e. The fourth-order valence-electron chi connectivity index (χ4n) is 4.38. The van der Waals surface area contributed by atoms with Gasteiger partial charge in [-0.2, -0.15) is 0 Å². The molecule has 134 valence electrons. The molecule has 0 saturated carbocycles. The van der Waals surface area contributed by atoms with Crippen LogP contribution in [0.1, 0.15) is 48.5 Å². The first-order valence-corrected chi connectivity index (χ1v) is 9.19. The molecule has 2 aliphatic rings. The van der Waals surface area contributed by atoms with Gasteiger partial charge >= 0.3 is 0 Å². The van der Waals surface area contributed by atoms with E-state index in [0.717, 1.165) is 0 Å². The zero-order valence-electron chi connectivity index (χ0n) is 15.1. The number of benzene rings is 2. The van der Waals surface area contributed by atoms with Crippen molar-refractivity contribution in [2.75, 3.05) is 7.05 Å². The molecule has 0 N–H and O–H groups in total. The summed E-state index contributed by atoms with van der Waals surface area (Å²) < 4.78 is 6.71. The van der Waals surface area contributed by atoms with Gasteiger partial charge in [0.15, 0.2) is 0 Å². The normalized spacial score (nSPS) is 26.9. The Bertz CT molecular complexity index is 658. The Morgan fingerprint density at radius 1 is 0.880 bits per heavy atom. The van der Waals surface area contributed by atoms with E-state index in [1.807, 2.05) is 0 Å². The van der Waals surface area contributed by atoms with Crippen LogP contribution in [0.4, 0.5) is 0 Å². The lowest BCUT2D eigenvalue weighted by molar-refractivity contribution is -0.0426. The summed E-state index contributed by atoms with van der Waals surface area (Å²) in [5.41, 5.74) is 3.81. The van der Waals surface area contributed by atoms with E-state index >= 15 is 0 Å². The number of piperidine rings is 1. The summed E-state index contributed by atoms with van der Waals surface area (Å²) in [7, 11) is 2.28. The standard InChI is InChI=1S/C22H27NO.ClH/c1-16-8-10-18(11-9-16)22(17-6-4-3-5-7-17)24-21-14-19-12-13-20(15-21)23(19)2;/h3-11,19-22H,12-15H2,1-2H3;1H. The van der Waals surface area contributed by atoms with Crippen LogP contribution >= 0.6 is 12.4 Å². The first-order valence-electron chi connectivity index (χ1n) is 9.19. The van der Waals surface area contributed by atoms with Crippen LogP contribution in [-0.2, 0) is 4.74 Å². The number of aryl methyl sites for hydroxylation is 1. The van der Waals surface area contributed by atoms with Crippen LogP contribution in [0, 0.1) is 6.92 Å². The van der Waals surface area contributed by atoms with E-state index in [0.29, 0.717) is 18.2 Å². The molecule has 2 aliphatic heterocycles. The predicted octanol–water partition coefficient (Wildman–Crippen LogP) is 5.15. The van der Waals surface area contributed by atoms with Gasteiger partial charge in [-0.25, -0.2) is 0 Å². The van der Waals surface area contributed by atoms with Gasteiger partial charge in [-0.3, -0.25) is 0 Å². The number of halogens is 1. The first-order chi connectivity index (χ1) is 11.7. The number of ether oxygens (including phenoxy) is 1. The highest BCUT2D eigenvalue weighted by Gasteiger charge is 2.39. The van der Waals surface area contributed by atoms with Crippen LogP contribution in [-0.4, -0.2) is 30.1 Å². The number of fused-ring (bicyclic) bond motifs is 2. The van der Waals surface area contributed by atoms with Crippen molar-refractivity contribution in [2.24, 2.45) is 0 Å². The lowest BCUT2D eigenvalue weighted by Gasteiger charge is -2.38. The zero-order valence-corrected chi connectivity index (χ0v) is 15.9. The van der Waals surface area contributed by atoms with Crippen molar-refractivity contribution in [2.45, 2.75) is 56.9 Å². The van der Waals surface area contributed by atoms with E-state index in [1.54, 1.807) is 0 Å². The Morgan fingerprint density at radius 3 is 2.04 bits per heavy atom. The third-order valence-electron chi connectivity index (χ3n) is 5.87. The van der Waals surface area contributed by atoms with Crippen LogP contribution in [0.15, 0.2) is 54.6 Å². The van der Waals surface area contributed by atoms with E-state index in [1.165, 1.54) is 42.4 Å². The Balaban J connectivity index is 0.00000182. The van der Waals surface area contributed by atoms with E-state index in [9.17, 15) is 0 Å². The van der Waals surface area contributed by atoms with E-state index < -0.39 is 0 Å². The van der Waals surface area contributed by atoms with Gasteiger partial charge < -0.3 is 9.64 Å². The summed E-state index contributed by atoms with van der Waals surface area (Å²) >= 11 is 0. The molecule has 0 amide bonds. The summed E-state index contributed by atoms with van der Waals surface area (Å²) in [5.74, 6) is 0. The monoisotopic (exact) mass is 357 g/mol. The highest BCUT2D eigenvalue weighted by Crippen LogP contribution is 2.38. The van der Waals surface area contributed by atoms with Gasteiger partial charge in [0, 0.05) is 12.1 Å². The smallest absolute Gasteiger partial charge is 0.108 e. The summed E-state index contributed by atoms with van der Waals surface area (Å²) in [5, 5.41) is 0. The zero-order chi connectivity index (χ0) is 16.5. The van der Waals surface area contributed by atoms with E-state index in [-0.39, 0.29) is 18.5 Å². The number of hydrogen-bond acceptors (Lipinski definition) is 2. The molecule has 2 aromatic carbocycles. The van der Waals surface area contributed by atoms with Crippen LogP contribution < -0.4 is 0 Å². The van der Waals surface area contributed by atoms with E-state index in [2.05, 4.69) is 73.5 Å². The summed E-state index contributed by atoms with van der Waals surface area (Å²) in [6.45, 7) is 2.14. The molecule has 2 aromatic rings. The SMILES string of the molecule is Cc1ccc(C(OC2CC3CCC(C2)N3C)c2ccccc2)cc1.Cl. The third-order valence-corrected chi connectivity index (χ3v) is 5.87. The van der Waals surface area contributed by atoms with Gasteiger partial charge in [-0.1, -0.05) is 60.2 Å². The average molecular weight is 358 g/mol. The van der Waals surface area contributed by atoms with Gasteiger partial charge in [-0.05, 0) is 50.8 Å². The molecular weight excluding hydrogens is 330 g/mol. The molecule has 2 fully saturated rings. The third kappa shape index (κ3) is 3.92. The van der Waals surface area contributed by atoms with Crippen LogP contribution in [0.2, 0.25) is 0 Å². The summed E-state index contributed by atoms with van der Waals surface area (Å²) in [4.78, 5) is 2.57. The minimum atomic E-state index is 0. The molecule has 3 atom stereocenters. The minimum absolute atomic E-state index is 0. The lowest BCUT2D eigenvalue weighted by atomic mass is 9.97. The molecule has 0 aliphatic carbocycles. The van der Waals surface area contributed by atoms with Crippen molar-refractivity contribution in [1.82, 2.24) is 4.90 Å². The molecule has 25 heavy (non-hydrogen) atoms.